The summed E-state index contributed by atoms with van der Waals surface area (Å²) >= 11 is 0. The standard InChI is InChI=1S/C5H12NO3S/c1-3-5(4-2)6-10(7,8)9/h5-6H,1,3-4H2,2H3,(H,7,8,9). The van der Waals surface area contributed by atoms with Gasteiger partial charge in [-0.05, 0) is 12.8 Å². The predicted molar refractivity (Wildman–Crippen MR) is 38.7 cm³/mol. The van der Waals surface area contributed by atoms with E-state index < -0.39 is 10.3 Å². The zero-order valence-corrected chi connectivity index (χ0v) is 6.69. The SMILES string of the molecule is [CH2]CC(CC)NS(=O)(=O)O. The summed E-state index contributed by atoms with van der Waals surface area (Å²) in [6, 6.07) is -0.255. The highest BCUT2D eigenvalue weighted by Crippen LogP contribution is 1.96. The Morgan fingerprint density at radius 3 is 2.30 bits per heavy atom. The summed E-state index contributed by atoms with van der Waals surface area (Å²) in [4.78, 5) is 0. The second kappa shape index (κ2) is 3.90. The van der Waals surface area contributed by atoms with Crippen molar-refractivity contribution in [3.05, 3.63) is 6.92 Å². The highest BCUT2D eigenvalue weighted by molar-refractivity contribution is 7.83. The Morgan fingerprint density at radius 2 is 2.20 bits per heavy atom. The molecule has 1 unspecified atom stereocenters. The molecule has 0 saturated heterocycles. The Balaban J connectivity index is 3.87. The fourth-order valence-corrected chi connectivity index (χ4v) is 1.26. The van der Waals surface area contributed by atoms with Gasteiger partial charge in [0, 0.05) is 6.04 Å². The van der Waals surface area contributed by atoms with Crippen LogP contribution >= 0.6 is 0 Å². The van der Waals surface area contributed by atoms with E-state index in [-0.39, 0.29) is 6.04 Å². The van der Waals surface area contributed by atoms with Crippen LogP contribution in [0.2, 0.25) is 0 Å². The molecule has 1 radical (unpaired) electrons. The molecule has 0 amide bonds. The summed E-state index contributed by atoms with van der Waals surface area (Å²) in [6.45, 7) is 5.32. The summed E-state index contributed by atoms with van der Waals surface area (Å²) in [5.41, 5.74) is 0. The van der Waals surface area contributed by atoms with Crippen LogP contribution in [0, 0.1) is 6.92 Å². The molecule has 2 N–H and O–H groups in total. The second-order valence-corrected chi connectivity index (χ2v) is 3.17. The molecule has 0 saturated carbocycles. The van der Waals surface area contributed by atoms with Gasteiger partial charge in [0.15, 0.2) is 0 Å². The average Bonchev–Trinajstić information content (AvgIpc) is 1.81. The molecular weight excluding hydrogens is 154 g/mol. The third-order valence-electron chi connectivity index (χ3n) is 1.16. The van der Waals surface area contributed by atoms with Crippen LogP contribution in [0.3, 0.4) is 0 Å². The van der Waals surface area contributed by atoms with E-state index in [0.717, 1.165) is 0 Å². The van der Waals surface area contributed by atoms with Crippen molar-refractivity contribution >= 4 is 10.3 Å². The molecule has 0 rings (SSSR count). The van der Waals surface area contributed by atoms with Gasteiger partial charge in [-0.2, -0.15) is 13.1 Å². The largest absolute Gasteiger partial charge is 0.333 e. The van der Waals surface area contributed by atoms with Crippen LogP contribution in [-0.4, -0.2) is 19.0 Å². The Labute approximate surface area is 61.5 Å². The second-order valence-electron chi connectivity index (χ2n) is 1.99. The molecular formula is C5H12NO3S. The summed E-state index contributed by atoms with van der Waals surface area (Å²) in [5.74, 6) is 0. The van der Waals surface area contributed by atoms with Gasteiger partial charge in [-0.15, -0.1) is 0 Å². The van der Waals surface area contributed by atoms with Crippen molar-refractivity contribution in [1.82, 2.24) is 4.72 Å². The van der Waals surface area contributed by atoms with E-state index in [2.05, 4.69) is 6.92 Å². The molecule has 0 bridgehead atoms. The van der Waals surface area contributed by atoms with Crippen LogP contribution < -0.4 is 4.72 Å². The predicted octanol–water partition coefficient (Wildman–Crippen LogP) is 0.382. The Morgan fingerprint density at radius 1 is 1.70 bits per heavy atom. The lowest BCUT2D eigenvalue weighted by Crippen LogP contribution is -2.33. The minimum atomic E-state index is -4.04. The maximum atomic E-state index is 10.2. The first-order valence-electron chi connectivity index (χ1n) is 3.03. The first kappa shape index (κ1) is 9.87. The van der Waals surface area contributed by atoms with Crippen LogP contribution in [0.25, 0.3) is 0 Å². The fraction of sp³-hybridized carbons (Fsp3) is 0.800. The van der Waals surface area contributed by atoms with Gasteiger partial charge in [-0.25, -0.2) is 0 Å². The van der Waals surface area contributed by atoms with E-state index >= 15 is 0 Å². The minimum absolute atomic E-state index is 0.255. The Kier molecular flexibility index (Phi) is 3.85. The summed E-state index contributed by atoms with van der Waals surface area (Å²) < 4.78 is 30.7. The topological polar surface area (TPSA) is 66.4 Å². The van der Waals surface area contributed by atoms with Crippen LogP contribution in [0.5, 0.6) is 0 Å². The molecule has 5 heteroatoms. The zero-order chi connectivity index (χ0) is 8.20. The number of hydrogen-bond donors (Lipinski definition) is 2. The summed E-state index contributed by atoms with van der Waals surface area (Å²) in [5, 5.41) is 0. The first-order valence-corrected chi connectivity index (χ1v) is 4.47. The van der Waals surface area contributed by atoms with Crippen molar-refractivity contribution in [2.45, 2.75) is 25.8 Å². The van der Waals surface area contributed by atoms with Gasteiger partial charge in [0.1, 0.15) is 0 Å². The van der Waals surface area contributed by atoms with E-state index in [0.29, 0.717) is 12.8 Å². The van der Waals surface area contributed by atoms with Crippen molar-refractivity contribution in [2.75, 3.05) is 0 Å². The van der Waals surface area contributed by atoms with E-state index in [1.165, 1.54) is 0 Å². The fourth-order valence-electron chi connectivity index (χ4n) is 0.557. The lowest BCUT2D eigenvalue weighted by Gasteiger charge is -2.10. The molecule has 0 heterocycles. The van der Waals surface area contributed by atoms with Gasteiger partial charge in [0.05, 0.1) is 0 Å². The summed E-state index contributed by atoms with van der Waals surface area (Å²) in [6.07, 6.45) is 1.07. The number of rotatable bonds is 4. The van der Waals surface area contributed by atoms with E-state index in [9.17, 15) is 8.42 Å². The number of nitrogens with one attached hydrogen (secondary N) is 1. The average molecular weight is 166 g/mol. The molecule has 0 aromatic rings. The van der Waals surface area contributed by atoms with Gasteiger partial charge in [-0.3, -0.25) is 4.55 Å². The van der Waals surface area contributed by atoms with Gasteiger partial charge in [0.25, 0.3) is 0 Å². The zero-order valence-electron chi connectivity index (χ0n) is 5.87. The lowest BCUT2D eigenvalue weighted by atomic mass is 10.2. The van der Waals surface area contributed by atoms with Crippen LogP contribution in [0.1, 0.15) is 19.8 Å². The minimum Gasteiger partial charge on any atom is -0.273 e. The van der Waals surface area contributed by atoms with Gasteiger partial charge in [0.2, 0.25) is 0 Å². The van der Waals surface area contributed by atoms with Gasteiger partial charge in [-0.1, -0.05) is 13.8 Å². The summed E-state index contributed by atoms with van der Waals surface area (Å²) in [7, 11) is -4.04. The van der Waals surface area contributed by atoms with Crippen molar-refractivity contribution in [3.63, 3.8) is 0 Å². The smallest absolute Gasteiger partial charge is 0.273 e. The Hall–Kier alpha value is -0.130. The lowest BCUT2D eigenvalue weighted by molar-refractivity contribution is 0.447. The molecule has 61 valence electrons. The van der Waals surface area contributed by atoms with Crippen LogP contribution in [0.15, 0.2) is 0 Å². The molecule has 0 aliphatic heterocycles. The van der Waals surface area contributed by atoms with E-state index in [4.69, 9.17) is 4.55 Å². The third-order valence-corrected chi connectivity index (χ3v) is 1.79. The third kappa shape index (κ3) is 4.72. The quantitative estimate of drug-likeness (QED) is 0.593. The van der Waals surface area contributed by atoms with E-state index in [1.54, 1.807) is 0 Å². The molecule has 10 heavy (non-hydrogen) atoms. The van der Waals surface area contributed by atoms with Crippen LogP contribution in [0.4, 0.5) is 0 Å². The molecule has 0 spiro atoms. The normalized spacial score (nSPS) is 12.4. The molecule has 0 fully saturated rings. The molecule has 4 nitrogen and oxygen atoms in total. The van der Waals surface area contributed by atoms with Crippen molar-refractivity contribution in [2.24, 2.45) is 0 Å². The van der Waals surface area contributed by atoms with Gasteiger partial charge < -0.3 is 0 Å². The first-order chi connectivity index (χ1) is 4.49. The highest BCUT2D eigenvalue weighted by atomic mass is 32.2. The van der Waals surface area contributed by atoms with Crippen molar-refractivity contribution < 1.29 is 13.0 Å². The highest BCUT2D eigenvalue weighted by Gasteiger charge is 2.09. The van der Waals surface area contributed by atoms with Crippen molar-refractivity contribution in [3.8, 4) is 0 Å². The maximum Gasteiger partial charge on any atom is 0.333 e. The molecule has 0 aliphatic carbocycles. The number of hydrogen-bond acceptors (Lipinski definition) is 2. The molecule has 0 aromatic heterocycles. The van der Waals surface area contributed by atoms with Crippen LogP contribution in [-0.2, 0) is 10.3 Å². The molecule has 0 aliphatic rings. The van der Waals surface area contributed by atoms with E-state index in [1.807, 2.05) is 11.6 Å². The van der Waals surface area contributed by atoms with Gasteiger partial charge >= 0.3 is 10.3 Å². The maximum absolute atomic E-state index is 10.2. The van der Waals surface area contributed by atoms with Crippen molar-refractivity contribution in [1.29, 1.82) is 0 Å². The molecule has 1 atom stereocenters. The molecule has 0 aromatic carbocycles. The Bertz CT molecular complexity index is 171. The monoisotopic (exact) mass is 166 g/mol.